The van der Waals surface area contributed by atoms with Crippen LogP contribution < -0.4 is 15.0 Å². The van der Waals surface area contributed by atoms with Crippen molar-refractivity contribution in [3.05, 3.63) is 77.7 Å². The van der Waals surface area contributed by atoms with Gasteiger partial charge in [-0.15, -0.1) is 0 Å². The summed E-state index contributed by atoms with van der Waals surface area (Å²) in [7, 11) is 3.35. The molecule has 0 aliphatic rings. The molecule has 1 heterocycles. The molecular weight excluding hydrogens is 408 g/mol. The van der Waals surface area contributed by atoms with Gasteiger partial charge in [0, 0.05) is 25.4 Å². The largest absolute Gasteiger partial charge is 0.497 e. The summed E-state index contributed by atoms with van der Waals surface area (Å²) >= 11 is 5.89. The van der Waals surface area contributed by atoms with Gasteiger partial charge in [-0.2, -0.15) is 13.5 Å². The summed E-state index contributed by atoms with van der Waals surface area (Å²) in [5, 5.41) is 3.31. The third-order valence-electron chi connectivity index (χ3n) is 4.32. The average Bonchev–Trinajstić information content (AvgIpc) is 2.73. The number of amides is 1. The molecule has 0 spiro atoms. The molecule has 0 unspecified atom stereocenters. The Bertz CT molecular complexity index is 925. The average molecular weight is 431 g/mol. The summed E-state index contributed by atoms with van der Waals surface area (Å²) in [6, 6.07) is 18.3. The zero-order chi connectivity index (χ0) is 19.9. The van der Waals surface area contributed by atoms with Crippen LogP contribution in [0, 0.1) is 0 Å². The summed E-state index contributed by atoms with van der Waals surface area (Å²) in [4.78, 5) is 22.9. The number of anilines is 2. The third-order valence-corrected chi connectivity index (χ3v) is 4.50. The molecule has 1 amide bonds. The van der Waals surface area contributed by atoms with Crippen LogP contribution in [0.5, 0.6) is 5.75 Å². The van der Waals surface area contributed by atoms with Crippen molar-refractivity contribution >= 4 is 42.5 Å². The molecule has 0 saturated heterocycles. The molecule has 0 aliphatic heterocycles. The monoisotopic (exact) mass is 430 g/mol. The Morgan fingerprint density at radius 1 is 1.14 bits per heavy atom. The lowest BCUT2D eigenvalue weighted by Gasteiger charge is -2.25. The van der Waals surface area contributed by atoms with E-state index in [1.165, 1.54) is 0 Å². The highest BCUT2D eigenvalue weighted by Crippen LogP contribution is 2.20. The number of aromatic nitrogens is 2. The van der Waals surface area contributed by atoms with E-state index in [1.54, 1.807) is 31.3 Å². The first kappa shape index (κ1) is 22.5. The summed E-state index contributed by atoms with van der Waals surface area (Å²) in [6.07, 6.45) is 2.05. The Morgan fingerprint density at radius 2 is 1.83 bits per heavy atom. The molecule has 0 saturated carbocycles. The van der Waals surface area contributed by atoms with Crippen molar-refractivity contribution in [2.45, 2.75) is 12.5 Å². The minimum Gasteiger partial charge on any atom is -0.497 e. The normalized spacial score (nSPS) is 11.1. The third kappa shape index (κ3) is 6.10. The van der Waals surface area contributed by atoms with Crippen molar-refractivity contribution in [2.24, 2.45) is 0 Å². The van der Waals surface area contributed by atoms with E-state index >= 15 is 0 Å². The molecule has 0 radical (unpaired) electrons. The summed E-state index contributed by atoms with van der Waals surface area (Å²) in [5.74, 6) is 1.14. The minimum atomic E-state index is -0.527. The van der Waals surface area contributed by atoms with Crippen LogP contribution in [0.25, 0.3) is 0 Å². The highest BCUT2D eigenvalue weighted by Gasteiger charge is 2.24. The van der Waals surface area contributed by atoms with Gasteiger partial charge in [-0.25, -0.2) is 9.97 Å². The molecule has 0 aliphatic carbocycles. The number of rotatable bonds is 7. The Morgan fingerprint density at radius 3 is 2.45 bits per heavy atom. The summed E-state index contributed by atoms with van der Waals surface area (Å²) < 4.78 is 5.18. The second-order valence-corrected chi connectivity index (χ2v) is 6.53. The fourth-order valence-corrected chi connectivity index (χ4v) is 2.96. The van der Waals surface area contributed by atoms with E-state index in [1.807, 2.05) is 54.6 Å². The highest BCUT2D eigenvalue weighted by molar-refractivity contribution is 7.59. The fraction of sp³-hybridized carbons (Fsp3) is 0.190. The van der Waals surface area contributed by atoms with Crippen molar-refractivity contribution in [1.29, 1.82) is 0 Å². The molecule has 1 atom stereocenters. The quantitative estimate of drug-likeness (QED) is 0.575. The number of hydrogen-bond donors (Lipinski definition) is 1. The molecule has 8 heteroatoms. The van der Waals surface area contributed by atoms with Crippen LogP contribution in [0.15, 0.2) is 66.9 Å². The zero-order valence-electron chi connectivity index (χ0n) is 16.2. The number of benzene rings is 2. The van der Waals surface area contributed by atoms with E-state index in [2.05, 4.69) is 15.3 Å². The number of nitrogens with zero attached hydrogens (tertiary/aromatic N) is 3. The maximum Gasteiger partial charge on any atom is 0.249 e. The predicted molar refractivity (Wildman–Crippen MR) is 121 cm³/mol. The summed E-state index contributed by atoms with van der Waals surface area (Å²) in [5.41, 5.74) is 1.81. The van der Waals surface area contributed by atoms with Crippen LogP contribution >= 0.6 is 25.1 Å². The van der Waals surface area contributed by atoms with Crippen molar-refractivity contribution < 1.29 is 9.53 Å². The number of carbonyl (C=O) groups excluding carboxylic acids is 1. The number of halogens is 1. The topological polar surface area (TPSA) is 67.3 Å². The number of nitrogens with one attached hydrogen (secondary N) is 1. The first-order chi connectivity index (χ1) is 13.6. The molecule has 1 aromatic heterocycles. The van der Waals surface area contributed by atoms with E-state index in [9.17, 15) is 4.79 Å². The summed E-state index contributed by atoms with van der Waals surface area (Å²) in [6.45, 7) is 0. The van der Waals surface area contributed by atoms with Crippen LogP contribution in [0.1, 0.15) is 5.56 Å². The number of methoxy groups -OCH3 is 1. The van der Waals surface area contributed by atoms with Gasteiger partial charge in [-0.3, -0.25) is 4.79 Å². The molecular formula is C21H23ClN4O2S. The predicted octanol–water partition coefficient (Wildman–Crippen LogP) is 3.94. The number of carbonyl (C=O) groups is 1. The molecule has 152 valence electrons. The van der Waals surface area contributed by atoms with Crippen molar-refractivity contribution in [1.82, 2.24) is 9.97 Å². The van der Waals surface area contributed by atoms with Gasteiger partial charge in [0.05, 0.1) is 7.11 Å². The molecule has 0 bridgehead atoms. The maximum atomic E-state index is 13.2. The molecule has 0 fully saturated rings. The standard InChI is InChI=1S/C21H21ClN4O2.H2S/c1-26(16-8-10-17(28-2)11-9-16)20(27)18(14-15-6-4-3-5-7-15)24-19-12-13-23-21(22)25-19;/h3-13,18H,14H2,1-2H3,(H,23,24,25);1H2/t18-;/m0./s1. The number of ether oxygens (including phenoxy) is 1. The van der Waals surface area contributed by atoms with Crippen LogP contribution in [0.2, 0.25) is 5.28 Å². The van der Waals surface area contributed by atoms with Crippen LogP contribution in [-0.2, 0) is 11.2 Å². The Labute approximate surface area is 182 Å². The lowest BCUT2D eigenvalue weighted by atomic mass is 10.0. The molecule has 2 aromatic carbocycles. The Kier molecular flexibility index (Phi) is 8.30. The molecule has 6 nitrogen and oxygen atoms in total. The van der Waals surface area contributed by atoms with E-state index in [0.29, 0.717) is 12.2 Å². The molecule has 3 aromatic rings. The van der Waals surface area contributed by atoms with E-state index in [0.717, 1.165) is 17.0 Å². The van der Waals surface area contributed by atoms with Gasteiger partial charge >= 0.3 is 0 Å². The van der Waals surface area contributed by atoms with Crippen LogP contribution in [-0.4, -0.2) is 36.1 Å². The highest BCUT2D eigenvalue weighted by atomic mass is 35.5. The molecule has 29 heavy (non-hydrogen) atoms. The first-order valence-electron chi connectivity index (χ1n) is 8.77. The SMILES string of the molecule is COc1ccc(N(C)C(=O)[C@H](Cc2ccccc2)Nc2ccnc(Cl)n2)cc1.S. The molecule has 1 N–H and O–H groups in total. The molecule has 3 rings (SSSR count). The van der Waals surface area contributed by atoms with E-state index in [4.69, 9.17) is 16.3 Å². The van der Waals surface area contributed by atoms with Gasteiger partial charge in [0.15, 0.2) is 0 Å². The van der Waals surface area contributed by atoms with Gasteiger partial charge in [0.1, 0.15) is 17.6 Å². The smallest absolute Gasteiger partial charge is 0.249 e. The lowest BCUT2D eigenvalue weighted by molar-refractivity contribution is -0.119. The Balaban J connectivity index is 0.00000300. The fourth-order valence-electron chi connectivity index (χ4n) is 2.81. The van der Waals surface area contributed by atoms with E-state index in [-0.39, 0.29) is 24.7 Å². The first-order valence-corrected chi connectivity index (χ1v) is 9.15. The minimum absolute atomic E-state index is 0. The van der Waals surface area contributed by atoms with Gasteiger partial charge in [-0.1, -0.05) is 30.3 Å². The van der Waals surface area contributed by atoms with Crippen LogP contribution in [0.4, 0.5) is 11.5 Å². The number of hydrogen-bond acceptors (Lipinski definition) is 5. The lowest BCUT2D eigenvalue weighted by Crippen LogP contribution is -2.42. The van der Waals surface area contributed by atoms with E-state index < -0.39 is 6.04 Å². The second-order valence-electron chi connectivity index (χ2n) is 6.19. The second kappa shape index (κ2) is 10.7. The van der Waals surface area contributed by atoms with Gasteiger partial charge in [-0.05, 0) is 47.5 Å². The van der Waals surface area contributed by atoms with Gasteiger partial charge in [0.2, 0.25) is 11.2 Å². The zero-order valence-corrected chi connectivity index (χ0v) is 17.9. The van der Waals surface area contributed by atoms with Crippen LogP contribution in [0.3, 0.4) is 0 Å². The van der Waals surface area contributed by atoms with Gasteiger partial charge in [0.25, 0.3) is 0 Å². The van der Waals surface area contributed by atoms with Crippen molar-refractivity contribution in [3.8, 4) is 5.75 Å². The Hall–Kier alpha value is -2.77. The van der Waals surface area contributed by atoms with Crippen molar-refractivity contribution in [3.63, 3.8) is 0 Å². The van der Waals surface area contributed by atoms with Gasteiger partial charge < -0.3 is 15.0 Å². The number of likely N-dealkylation sites (N-methyl/N-ethyl adjacent to an activating group) is 1. The van der Waals surface area contributed by atoms with Crippen molar-refractivity contribution in [2.75, 3.05) is 24.4 Å². The maximum absolute atomic E-state index is 13.2.